The lowest BCUT2D eigenvalue weighted by Gasteiger charge is -2.26. The van der Waals surface area contributed by atoms with Gasteiger partial charge < -0.3 is 20.1 Å². The minimum Gasteiger partial charge on any atom is -0.478 e. The molecule has 1 fully saturated rings. The number of carboxylic acids is 1. The third kappa shape index (κ3) is 5.11. The number of hydrogen-bond donors (Lipinski definition) is 2. The molecule has 8 heteroatoms. The van der Waals surface area contributed by atoms with E-state index >= 15 is 0 Å². The molecule has 2 rings (SSSR count). The molecular weight excluding hydrogens is 360 g/mol. The monoisotopic (exact) mass is 382 g/mol. The fourth-order valence-corrected chi connectivity index (χ4v) is 3.07. The number of alkyl carbamates (subject to hydrolysis) is 1. The summed E-state index contributed by atoms with van der Waals surface area (Å²) in [6.07, 6.45) is 1.05. The van der Waals surface area contributed by atoms with E-state index in [0.717, 1.165) is 12.8 Å². The molecule has 7 nitrogen and oxygen atoms in total. The zero-order valence-corrected chi connectivity index (χ0v) is 15.8. The molecular formula is C18H23ClN2O5. The van der Waals surface area contributed by atoms with Crippen molar-refractivity contribution in [2.45, 2.75) is 45.3 Å². The maximum Gasteiger partial charge on any atom is 0.407 e. The van der Waals surface area contributed by atoms with E-state index in [1.807, 2.05) is 0 Å². The molecule has 1 aliphatic rings. The molecule has 1 heterocycles. The van der Waals surface area contributed by atoms with Crippen LogP contribution in [0.4, 0.5) is 4.79 Å². The van der Waals surface area contributed by atoms with Crippen LogP contribution in [0.1, 0.15) is 54.3 Å². The molecule has 1 aromatic rings. The van der Waals surface area contributed by atoms with Gasteiger partial charge in [-0.25, -0.2) is 9.59 Å². The van der Waals surface area contributed by atoms with E-state index in [0.29, 0.717) is 6.54 Å². The predicted molar refractivity (Wildman–Crippen MR) is 96.7 cm³/mol. The van der Waals surface area contributed by atoms with Crippen molar-refractivity contribution in [3.8, 4) is 0 Å². The van der Waals surface area contributed by atoms with Gasteiger partial charge in [0.1, 0.15) is 5.60 Å². The lowest BCUT2D eigenvalue weighted by molar-refractivity contribution is 0.0501. The SMILES string of the molecule is CC(C)(C)OC(=O)NCC1CCCN1C(=O)c1ccc(C(=O)O)cc1Cl. The zero-order valence-electron chi connectivity index (χ0n) is 15.0. The fraction of sp³-hybridized carbons (Fsp3) is 0.500. The average molecular weight is 383 g/mol. The van der Waals surface area contributed by atoms with E-state index in [1.165, 1.54) is 18.2 Å². The van der Waals surface area contributed by atoms with Crippen LogP contribution < -0.4 is 5.32 Å². The number of carbonyl (C=O) groups is 3. The molecule has 0 saturated carbocycles. The summed E-state index contributed by atoms with van der Waals surface area (Å²) in [5.74, 6) is -1.38. The Morgan fingerprint density at radius 3 is 2.62 bits per heavy atom. The van der Waals surface area contributed by atoms with Crippen molar-refractivity contribution >= 4 is 29.6 Å². The Labute approximate surface area is 157 Å². The van der Waals surface area contributed by atoms with Crippen LogP contribution in [0.15, 0.2) is 18.2 Å². The summed E-state index contributed by atoms with van der Waals surface area (Å²) in [5.41, 5.74) is -0.314. The standard InChI is InChI=1S/C18H23ClN2O5/c1-18(2,3)26-17(25)20-10-12-5-4-8-21(12)15(22)13-7-6-11(16(23)24)9-14(13)19/h6-7,9,12H,4-5,8,10H2,1-3H3,(H,20,25)(H,23,24). The van der Waals surface area contributed by atoms with E-state index < -0.39 is 17.7 Å². The molecule has 0 aliphatic carbocycles. The van der Waals surface area contributed by atoms with Gasteiger partial charge >= 0.3 is 12.1 Å². The van der Waals surface area contributed by atoms with Crippen molar-refractivity contribution in [2.75, 3.05) is 13.1 Å². The van der Waals surface area contributed by atoms with Crippen molar-refractivity contribution in [3.05, 3.63) is 34.3 Å². The maximum atomic E-state index is 12.8. The van der Waals surface area contributed by atoms with Gasteiger partial charge in [0.05, 0.1) is 16.1 Å². The van der Waals surface area contributed by atoms with Crippen molar-refractivity contribution in [1.82, 2.24) is 10.2 Å². The first-order valence-electron chi connectivity index (χ1n) is 8.39. The van der Waals surface area contributed by atoms with Gasteiger partial charge in [-0.05, 0) is 51.8 Å². The van der Waals surface area contributed by atoms with Crippen LogP contribution in [-0.4, -0.2) is 52.7 Å². The van der Waals surface area contributed by atoms with Crippen molar-refractivity contribution < 1.29 is 24.2 Å². The lowest BCUT2D eigenvalue weighted by Crippen LogP contribution is -2.44. The number of hydrogen-bond acceptors (Lipinski definition) is 4. The molecule has 0 aromatic heterocycles. The maximum absolute atomic E-state index is 12.8. The van der Waals surface area contributed by atoms with E-state index in [4.69, 9.17) is 21.4 Å². The third-order valence-corrected chi connectivity index (χ3v) is 4.28. The lowest BCUT2D eigenvalue weighted by atomic mass is 10.1. The molecule has 0 bridgehead atoms. The van der Waals surface area contributed by atoms with Crippen LogP contribution in [-0.2, 0) is 4.74 Å². The van der Waals surface area contributed by atoms with Gasteiger partial charge in [-0.15, -0.1) is 0 Å². The summed E-state index contributed by atoms with van der Waals surface area (Å²) in [5, 5.41) is 11.8. The van der Waals surface area contributed by atoms with Crippen LogP contribution in [0.5, 0.6) is 0 Å². The highest BCUT2D eigenvalue weighted by Gasteiger charge is 2.31. The van der Waals surface area contributed by atoms with Crippen molar-refractivity contribution in [2.24, 2.45) is 0 Å². The topological polar surface area (TPSA) is 95.9 Å². The first-order valence-corrected chi connectivity index (χ1v) is 8.77. The minimum absolute atomic E-state index is 0.0242. The first kappa shape index (κ1) is 20.0. The average Bonchev–Trinajstić information content (AvgIpc) is 2.99. The van der Waals surface area contributed by atoms with Crippen LogP contribution in [0.3, 0.4) is 0 Å². The summed E-state index contributed by atoms with van der Waals surface area (Å²) < 4.78 is 5.20. The molecule has 26 heavy (non-hydrogen) atoms. The molecule has 2 N–H and O–H groups in total. The summed E-state index contributed by atoms with van der Waals surface area (Å²) in [6, 6.07) is 3.88. The molecule has 1 saturated heterocycles. The summed E-state index contributed by atoms with van der Waals surface area (Å²) >= 11 is 6.09. The highest BCUT2D eigenvalue weighted by molar-refractivity contribution is 6.34. The number of ether oxygens (including phenoxy) is 1. The van der Waals surface area contributed by atoms with Gasteiger partial charge in [0.25, 0.3) is 5.91 Å². The van der Waals surface area contributed by atoms with Gasteiger partial charge in [-0.2, -0.15) is 0 Å². The number of likely N-dealkylation sites (tertiary alicyclic amines) is 1. The quantitative estimate of drug-likeness (QED) is 0.833. The Bertz CT molecular complexity index is 714. The number of benzene rings is 1. The van der Waals surface area contributed by atoms with E-state index in [1.54, 1.807) is 25.7 Å². The first-order chi connectivity index (χ1) is 12.1. The van der Waals surface area contributed by atoms with Crippen molar-refractivity contribution in [1.29, 1.82) is 0 Å². The van der Waals surface area contributed by atoms with Crippen LogP contribution >= 0.6 is 11.6 Å². The highest BCUT2D eigenvalue weighted by Crippen LogP contribution is 2.25. The number of halogens is 1. The molecule has 1 unspecified atom stereocenters. The van der Waals surface area contributed by atoms with Crippen LogP contribution in [0.25, 0.3) is 0 Å². The largest absolute Gasteiger partial charge is 0.478 e. The van der Waals surface area contributed by atoms with Crippen LogP contribution in [0, 0.1) is 0 Å². The third-order valence-electron chi connectivity index (χ3n) is 3.97. The zero-order chi connectivity index (χ0) is 19.5. The number of amides is 2. The molecule has 1 aliphatic heterocycles. The number of aromatic carboxylic acids is 1. The smallest absolute Gasteiger partial charge is 0.407 e. The van der Waals surface area contributed by atoms with Gasteiger partial charge in [0, 0.05) is 19.1 Å². The molecule has 2 amide bonds. The summed E-state index contributed by atoms with van der Waals surface area (Å²) in [4.78, 5) is 37.2. The Balaban J connectivity index is 2.04. The highest BCUT2D eigenvalue weighted by atomic mass is 35.5. The number of nitrogens with zero attached hydrogens (tertiary/aromatic N) is 1. The summed E-state index contributed by atoms with van der Waals surface area (Å²) in [6.45, 7) is 6.17. The summed E-state index contributed by atoms with van der Waals surface area (Å²) in [7, 11) is 0. The second kappa shape index (κ2) is 7.95. The molecule has 1 atom stereocenters. The molecule has 0 spiro atoms. The van der Waals surface area contributed by atoms with Gasteiger partial charge in [0.2, 0.25) is 0 Å². The normalized spacial score (nSPS) is 17.1. The number of rotatable bonds is 4. The number of nitrogens with one attached hydrogen (secondary N) is 1. The molecule has 142 valence electrons. The molecule has 1 aromatic carbocycles. The Kier molecular flexibility index (Phi) is 6.13. The van der Waals surface area contributed by atoms with E-state index in [-0.39, 0.29) is 34.6 Å². The second-order valence-corrected chi connectivity index (χ2v) is 7.58. The number of carbonyl (C=O) groups excluding carboxylic acids is 2. The van der Waals surface area contributed by atoms with Gasteiger partial charge in [-0.1, -0.05) is 11.6 Å². The van der Waals surface area contributed by atoms with E-state index in [2.05, 4.69) is 5.32 Å². The van der Waals surface area contributed by atoms with Crippen LogP contribution in [0.2, 0.25) is 5.02 Å². The van der Waals surface area contributed by atoms with Gasteiger partial charge in [-0.3, -0.25) is 4.79 Å². The fourth-order valence-electron chi connectivity index (χ4n) is 2.81. The number of carboxylic acid groups (broad SMARTS) is 1. The Hall–Kier alpha value is -2.28. The van der Waals surface area contributed by atoms with E-state index in [9.17, 15) is 14.4 Å². The minimum atomic E-state index is -1.11. The van der Waals surface area contributed by atoms with Gasteiger partial charge in [0.15, 0.2) is 0 Å². The van der Waals surface area contributed by atoms with Crippen molar-refractivity contribution in [3.63, 3.8) is 0 Å². The molecule has 0 radical (unpaired) electrons. The predicted octanol–water partition coefficient (Wildman–Crippen LogP) is 3.17. The Morgan fingerprint density at radius 1 is 1.35 bits per heavy atom. The second-order valence-electron chi connectivity index (χ2n) is 7.18. The Morgan fingerprint density at radius 2 is 2.04 bits per heavy atom.